The molecule has 4 heteroatoms. The minimum Gasteiger partial charge on any atom is -0.493 e. The molecule has 0 saturated heterocycles. The summed E-state index contributed by atoms with van der Waals surface area (Å²) in [6.45, 7) is 13.4. The van der Waals surface area contributed by atoms with Gasteiger partial charge in [0.15, 0.2) is 0 Å². The molecule has 0 aliphatic heterocycles. The monoisotopic (exact) mass is 340 g/mol. The Bertz CT molecular complexity index is 458. The molecule has 0 aromatic heterocycles. The summed E-state index contributed by atoms with van der Waals surface area (Å²) in [7, 11) is 0. The molecule has 1 aromatic rings. The van der Waals surface area contributed by atoms with Crippen molar-refractivity contribution in [2.45, 2.75) is 46.3 Å². The van der Waals surface area contributed by atoms with Crippen LogP contribution in [0.15, 0.2) is 30.3 Å². The van der Waals surface area contributed by atoms with Crippen molar-refractivity contribution in [3.8, 4) is 5.75 Å². The summed E-state index contributed by atoms with van der Waals surface area (Å²) >= 11 is 2.82. The number of carbonyl (C=O) groups is 1. The fourth-order valence-corrected chi connectivity index (χ4v) is 4.33. The van der Waals surface area contributed by atoms with Gasteiger partial charge in [0, 0.05) is 16.4 Å². The maximum Gasteiger partial charge on any atom is 0.246 e. The molecule has 0 heterocycles. The van der Waals surface area contributed by atoms with Crippen molar-refractivity contribution < 1.29 is 9.53 Å². The van der Waals surface area contributed by atoms with Crippen LogP contribution in [0.5, 0.6) is 5.75 Å². The van der Waals surface area contributed by atoms with Crippen LogP contribution in [0.25, 0.3) is 0 Å². The van der Waals surface area contributed by atoms with Gasteiger partial charge in [0.1, 0.15) is 5.75 Å². The van der Waals surface area contributed by atoms with Gasteiger partial charge in [0.2, 0.25) is 4.45 Å². The van der Waals surface area contributed by atoms with E-state index in [0.29, 0.717) is 12.5 Å². The summed E-state index contributed by atoms with van der Waals surface area (Å²) in [6.07, 6.45) is 0. The molecule has 0 aliphatic carbocycles. The lowest BCUT2D eigenvalue weighted by molar-refractivity contribution is 0.165. The third-order valence-corrected chi connectivity index (χ3v) is 5.40. The molecular weight excluding hydrogens is 312 g/mol. The third-order valence-electron chi connectivity index (χ3n) is 3.21. The van der Waals surface area contributed by atoms with E-state index in [1.165, 1.54) is 23.5 Å². The van der Waals surface area contributed by atoms with E-state index in [-0.39, 0.29) is 14.6 Å². The van der Waals surface area contributed by atoms with E-state index in [0.717, 1.165) is 11.5 Å². The summed E-state index contributed by atoms with van der Waals surface area (Å²) in [5, 5.41) is 0. The van der Waals surface area contributed by atoms with Gasteiger partial charge in [-0.05, 0) is 17.5 Å². The first-order valence-corrected chi connectivity index (χ1v) is 9.42. The third kappa shape index (κ3) is 8.14. The molecule has 0 fully saturated rings. The SMILES string of the molecule is CC(C)(C)SC(=O)SCC(COc1ccccc1)C(C)(C)C. The van der Waals surface area contributed by atoms with E-state index in [2.05, 4.69) is 41.5 Å². The van der Waals surface area contributed by atoms with Crippen molar-refractivity contribution in [1.29, 1.82) is 0 Å². The van der Waals surface area contributed by atoms with Crippen molar-refractivity contribution >= 4 is 28.0 Å². The van der Waals surface area contributed by atoms with Gasteiger partial charge in [-0.3, -0.25) is 4.79 Å². The Labute approximate surface area is 143 Å². The summed E-state index contributed by atoms with van der Waals surface area (Å²) in [6, 6.07) is 9.85. The molecule has 0 bridgehead atoms. The van der Waals surface area contributed by atoms with E-state index in [4.69, 9.17) is 4.74 Å². The first kappa shape index (κ1) is 19.4. The largest absolute Gasteiger partial charge is 0.493 e. The van der Waals surface area contributed by atoms with E-state index < -0.39 is 0 Å². The van der Waals surface area contributed by atoms with Gasteiger partial charge in [-0.25, -0.2) is 0 Å². The quantitative estimate of drug-likeness (QED) is 0.645. The van der Waals surface area contributed by atoms with Crippen LogP contribution in [-0.2, 0) is 0 Å². The van der Waals surface area contributed by atoms with Crippen LogP contribution in [0.2, 0.25) is 0 Å². The van der Waals surface area contributed by atoms with Crippen LogP contribution < -0.4 is 4.74 Å². The minimum absolute atomic E-state index is 0.0259. The van der Waals surface area contributed by atoms with Crippen molar-refractivity contribution in [1.82, 2.24) is 0 Å². The van der Waals surface area contributed by atoms with Gasteiger partial charge in [-0.2, -0.15) is 0 Å². The summed E-state index contributed by atoms with van der Waals surface area (Å²) < 4.78 is 6.07. The molecular formula is C18H28O2S2. The number of hydrogen-bond donors (Lipinski definition) is 0. The minimum atomic E-state index is -0.0259. The lowest BCUT2D eigenvalue weighted by atomic mass is 9.82. The Balaban J connectivity index is 2.53. The van der Waals surface area contributed by atoms with Crippen molar-refractivity contribution in [2.75, 3.05) is 12.4 Å². The average molecular weight is 341 g/mol. The molecule has 1 rings (SSSR count). The zero-order valence-electron chi connectivity index (χ0n) is 14.5. The fraction of sp³-hybridized carbons (Fsp3) is 0.611. The fourth-order valence-electron chi connectivity index (χ4n) is 1.71. The van der Waals surface area contributed by atoms with E-state index in [9.17, 15) is 4.79 Å². The first-order chi connectivity index (χ1) is 10.1. The number of hydrogen-bond acceptors (Lipinski definition) is 4. The maximum atomic E-state index is 12.0. The highest BCUT2D eigenvalue weighted by molar-refractivity contribution is 8.39. The molecule has 124 valence electrons. The van der Waals surface area contributed by atoms with Crippen molar-refractivity contribution in [2.24, 2.45) is 11.3 Å². The highest BCUT2D eigenvalue weighted by Gasteiger charge is 2.27. The molecule has 0 spiro atoms. The standard InChI is InChI=1S/C18H28O2S2/c1-17(2,3)14(12-20-15-10-8-7-9-11-15)13-21-16(19)22-18(4,5)6/h7-11,14H,12-13H2,1-6H3. The molecule has 0 N–H and O–H groups in total. The summed E-state index contributed by atoms with van der Waals surface area (Å²) in [5.41, 5.74) is 0.106. The molecule has 0 amide bonds. The van der Waals surface area contributed by atoms with Gasteiger partial charge in [-0.15, -0.1) is 0 Å². The lowest BCUT2D eigenvalue weighted by Crippen LogP contribution is -2.29. The number of benzene rings is 1. The van der Waals surface area contributed by atoms with E-state index in [1.807, 2.05) is 30.3 Å². The van der Waals surface area contributed by atoms with Crippen LogP contribution in [0.1, 0.15) is 41.5 Å². The molecule has 0 radical (unpaired) electrons. The topological polar surface area (TPSA) is 26.3 Å². The van der Waals surface area contributed by atoms with Crippen LogP contribution in [0.3, 0.4) is 0 Å². The van der Waals surface area contributed by atoms with Crippen molar-refractivity contribution in [3.63, 3.8) is 0 Å². The molecule has 1 unspecified atom stereocenters. The predicted octanol–water partition coefficient (Wildman–Crippen LogP) is 6.11. The van der Waals surface area contributed by atoms with Gasteiger partial charge in [0.05, 0.1) is 6.61 Å². The Hall–Kier alpha value is -0.610. The Morgan fingerprint density at radius 1 is 1.09 bits per heavy atom. The second kappa shape index (κ2) is 8.30. The Morgan fingerprint density at radius 2 is 1.68 bits per heavy atom. The summed E-state index contributed by atoms with van der Waals surface area (Å²) in [5.74, 6) is 2.00. The molecule has 1 aromatic carbocycles. The predicted molar refractivity (Wildman–Crippen MR) is 100 cm³/mol. The zero-order chi connectivity index (χ0) is 16.8. The zero-order valence-corrected chi connectivity index (χ0v) is 16.1. The maximum absolute atomic E-state index is 12.0. The molecule has 0 saturated carbocycles. The highest BCUT2D eigenvalue weighted by atomic mass is 32.2. The van der Waals surface area contributed by atoms with Gasteiger partial charge < -0.3 is 4.74 Å². The summed E-state index contributed by atoms with van der Waals surface area (Å²) in [4.78, 5) is 12.0. The first-order valence-electron chi connectivity index (χ1n) is 7.61. The van der Waals surface area contributed by atoms with Crippen LogP contribution >= 0.6 is 23.5 Å². The lowest BCUT2D eigenvalue weighted by Gasteiger charge is -2.30. The molecule has 2 nitrogen and oxygen atoms in total. The number of ether oxygens (including phenoxy) is 1. The van der Waals surface area contributed by atoms with Crippen LogP contribution in [0.4, 0.5) is 4.79 Å². The smallest absolute Gasteiger partial charge is 0.246 e. The van der Waals surface area contributed by atoms with Gasteiger partial charge in [-0.1, -0.05) is 83.3 Å². The number of para-hydroxylation sites is 1. The number of rotatable bonds is 5. The van der Waals surface area contributed by atoms with E-state index >= 15 is 0 Å². The Morgan fingerprint density at radius 3 is 2.18 bits per heavy atom. The number of carbonyl (C=O) groups excluding carboxylic acids is 1. The Kier molecular flexibility index (Phi) is 7.33. The normalized spacial score (nSPS) is 13.7. The molecule has 0 aliphatic rings. The van der Waals surface area contributed by atoms with Crippen molar-refractivity contribution in [3.05, 3.63) is 30.3 Å². The highest BCUT2D eigenvalue weighted by Crippen LogP contribution is 2.34. The number of thioether (sulfide) groups is 2. The molecule has 22 heavy (non-hydrogen) atoms. The second-order valence-electron chi connectivity index (χ2n) is 7.46. The molecule has 1 atom stereocenters. The van der Waals surface area contributed by atoms with Crippen LogP contribution in [-0.4, -0.2) is 21.6 Å². The van der Waals surface area contributed by atoms with E-state index in [1.54, 1.807) is 0 Å². The van der Waals surface area contributed by atoms with Gasteiger partial charge in [0.25, 0.3) is 0 Å². The van der Waals surface area contributed by atoms with Gasteiger partial charge >= 0.3 is 0 Å². The van der Waals surface area contributed by atoms with Crippen LogP contribution in [0, 0.1) is 11.3 Å². The average Bonchev–Trinajstić information content (AvgIpc) is 2.36. The second-order valence-corrected chi connectivity index (χ2v) is 10.5.